The zero-order valence-corrected chi connectivity index (χ0v) is 14.1. The summed E-state index contributed by atoms with van der Waals surface area (Å²) in [5.74, 6) is -0.722. The smallest absolute Gasteiger partial charge is 0.168 e. The minimum Gasteiger partial charge on any atom is -0.227 e. The van der Waals surface area contributed by atoms with Crippen LogP contribution in [-0.2, 0) is 26.1 Å². The highest BCUT2D eigenvalue weighted by atomic mass is 32.3. The van der Waals surface area contributed by atoms with Crippen LogP contribution in [0.5, 0.6) is 0 Å². The number of sulfone groups is 2. The van der Waals surface area contributed by atoms with Gasteiger partial charge in [-0.05, 0) is 11.1 Å². The normalized spacial score (nSPS) is 25.7. The first-order valence-electron chi connectivity index (χ1n) is 7.40. The molecule has 0 bridgehead atoms. The molecular weight excluding hydrogens is 332 g/mol. The maximum Gasteiger partial charge on any atom is 0.168 e. The Balaban J connectivity index is 1.92. The lowest BCUT2D eigenvalue weighted by atomic mass is 10.0. The summed E-state index contributed by atoms with van der Waals surface area (Å²) in [6.07, 6.45) is 0.0208. The summed E-state index contributed by atoms with van der Waals surface area (Å²) in [5.41, 5.74) is 1.49. The fourth-order valence-electron chi connectivity index (χ4n) is 3.03. The molecule has 0 aliphatic carbocycles. The third-order valence-electron chi connectivity index (χ3n) is 4.18. The third kappa shape index (κ3) is 3.48. The molecule has 1 aliphatic rings. The van der Waals surface area contributed by atoms with Crippen molar-refractivity contribution >= 4 is 19.7 Å². The lowest BCUT2D eigenvalue weighted by molar-refractivity contribution is 0.556. The van der Waals surface area contributed by atoms with Crippen LogP contribution in [0, 0.1) is 0 Å². The van der Waals surface area contributed by atoms with Gasteiger partial charge in [0.1, 0.15) is 0 Å². The van der Waals surface area contributed by atoms with Gasteiger partial charge in [-0.15, -0.1) is 0 Å². The van der Waals surface area contributed by atoms with Crippen molar-refractivity contribution in [1.29, 1.82) is 0 Å². The molecule has 1 saturated heterocycles. The predicted molar refractivity (Wildman–Crippen MR) is 90.7 cm³/mol. The second-order valence-corrected chi connectivity index (χ2v) is 10.6. The van der Waals surface area contributed by atoms with E-state index in [1.165, 1.54) is 0 Å². The lowest BCUT2D eigenvalue weighted by Crippen LogP contribution is -2.44. The van der Waals surface area contributed by atoms with Crippen LogP contribution in [0.1, 0.15) is 17.0 Å². The van der Waals surface area contributed by atoms with Crippen molar-refractivity contribution in [3.63, 3.8) is 0 Å². The van der Waals surface area contributed by atoms with Gasteiger partial charge in [0.05, 0.1) is 11.5 Å². The van der Waals surface area contributed by atoms with Crippen LogP contribution in [0.3, 0.4) is 0 Å². The van der Waals surface area contributed by atoms with Gasteiger partial charge in [-0.3, -0.25) is 0 Å². The highest BCUT2D eigenvalue weighted by Gasteiger charge is 2.45. The molecule has 0 spiro atoms. The van der Waals surface area contributed by atoms with Crippen LogP contribution in [0.15, 0.2) is 60.7 Å². The van der Waals surface area contributed by atoms with Crippen LogP contribution in [0.25, 0.3) is 0 Å². The summed E-state index contributed by atoms with van der Waals surface area (Å²) in [6, 6.07) is 17.9. The van der Waals surface area contributed by atoms with E-state index in [4.69, 9.17) is 0 Å². The largest absolute Gasteiger partial charge is 0.227 e. The summed E-state index contributed by atoms with van der Waals surface area (Å²) in [6.45, 7) is 0. The minimum absolute atomic E-state index is 0.0208. The molecule has 0 radical (unpaired) electrons. The number of benzene rings is 2. The molecule has 0 saturated carbocycles. The van der Waals surface area contributed by atoms with Gasteiger partial charge in [-0.1, -0.05) is 60.7 Å². The predicted octanol–water partition coefficient (Wildman–Crippen LogP) is 2.18. The Morgan fingerprint density at radius 3 is 1.74 bits per heavy atom. The molecule has 23 heavy (non-hydrogen) atoms. The van der Waals surface area contributed by atoms with Crippen molar-refractivity contribution in [3.05, 3.63) is 71.8 Å². The number of hydrogen-bond donors (Lipinski definition) is 0. The topological polar surface area (TPSA) is 68.3 Å². The van der Waals surface area contributed by atoms with Crippen molar-refractivity contribution in [2.45, 2.75) is 16.9 Å². The van der Waals surface area contributed by atoms with Crippen LogP contribution in [0.4, 0.5) is 0 Å². The van der Waals surface area contributed by atoms with Crippen LogP contribution < -0.4 is 0 Å². The first kappa shape index (κ1) is 16.2. The number of hydrogen-bond acceptors (Lipinski definition) is 4. The molecule has 1 heterocycles. The van der Waals surface area contributed by atoms with Crippen LogP contribution in [-0.4, -0.2) is 32.9 Å². The molecule has 3 rings (SSSR count). The van der Waals surface area contributed by atoms with E-state index in [2.05, 4.69) is 0 Å². The molecule has 1 aliphatic heterocycles. The van der Waals surface area contributed by atoms with Gasteiger partial charge >= 0.3 is 0 Å². The molecule has 0 amide bonds. The maximum absolute atomic E-state index is 12.6. The fourth-order valence-corrected chi connectivity index (χ4v) is 8.50. The van der Waals surface area contributed by atoms with E-state index in [1.807, 2.05) is 12.1 Å². The lowest BCUT2D eigenvalue weighted by Gasteiger charge is -2.29. The quantitative estimate of drug-likeness (QED) is 0.851. The number of rotatable bonds is 3. The zero-order valence-electron chi connectivity index (χ0n) is 12.5. The molecule has 6 heteroatoms. The second kappa shape index (κ2) is 6.09. The molecule has 122 valence electrons. The fraction of sp³-hybridized carbons (Fsp3) is 0.294. The average molecular weight is 350 g/mol. The Kier molecular flexibility index (Phi) is 4.29. The molecular formula is C17H18O4S2. The van der Waals surface area contributed by atoms with E-state index in [-0.39, 0.29) is 17.9 Å². The Bertz CT molecular complexity index is 837. The van der Waals surface area contributed by atoms with E-state index in [0.717, 1.165) is 11.1 Å². The van der Waals surface area contributed by atoms with Gasteiger partial charge in [0.25, 0.3) is 0 Å². The third-order valence-corrected chi connectivity index (χ3v) is 9.61. The van der Waals surface area contributed by atoms with Gasteiger partial charge < -0.3 is 0 Å². The van der Waals surface area contributed by atoms with Gasteiger partial charge in [0, 0.05) is 12.3 Å². The molecule has 1 fully saturated rings. The van der Waals surface area contributed by atoms with E-state index in [0.29, 0.717) is 0 Å². The summed E-state index contributed by atoms with van der Waals surface area (Å²) in [5, 5.41) is 0. The van der Waals surface area contributed by atoms with Crippen LogP contribution in [0.2, 0.25) is 0 Å². The van der Waals surface area contributed by atoms with Gasteiger partial charge in [0.2, 0.25) is 0 Å². The SMILES string of the molecule is O=S1(=O)CC(c2ccccc2)CS(=O)(=O)C1Cc1ccccc1. The van der Waals surface area contributed by atoms with E-state index in [9.17, 15) is 16.8 Å². The molecule has 4 nitrogen and oxygen atoms in total. The minimum atomic E-state index is -3.71. The van der Waals surface area contributed by atoms with Crippen LogP contribution >= 0.6 is 0 Å². The second-order valence-electron chi connectivity index (χ2n) is 5.89. The molecule has 0 aromatic heterocycles. The molecule has 2 aromatic carbocycles. The van der Waals surface area contributed by atoms with E-state index in [1.54, 1.807) is 48.5 Å². The zero-order chi connectivity index (χ0) is 16.5. The summed E-state index contributed by atoms with van der Waals surface area (Å²) in [7, 11) is -7.43. The first-order valence-corrected chi connectivity index (χ1v) is 10.8. The highest BCUT2D eigenvalue weighted by molar-refractivity contribution is 8.09. The summed E-state index contributed by atoms with van der Waals surface area (Å²) >= 11 is 0. The van der Waals surface area contributed by atoms with E-state index >= 15 is 0 Å². The molecule has 0 atom stereocenters. The Morgan fingerprint density at radius 2 is 1.22 bits per heavy atom. The Hall–Kier alpha value is -1.66. The summed E-state index contributed by atoms with van der Waals surface area (Å²) < 4.78 is 49.1. The van der Waals surface area contributed by atoms with Crippen molar-refractivity contribution in [2.75, 3.05) is 11.5 Å². The Labute approximate surface area is 137 Å². The van der Waals surface area contributed by atoms with Crippen molar-refractivity contribution in [1.82, 2.24) is 0 Å². The van der Waals surface area contributed by atoms with Crippen molar-refractivity contribution in [2.24, 2.45) is 0 Å². The molecule has 0 N–H and O–H groups in total. The monoisotopic (exact) mass is 350 g/mol. The first-order chi connectivity index (χ1) is 10.9. The Morgan fingerprint density at radius 1 is 0.739 bits per heavy atom. The maximum atomic E-state index is 12.6. The standard InChI is InChI=1S/C17H18O4S2/c18-22(19)12-16(15-9-5-2-6-10-15)13-23(20,21)17(22)11-14-7-3-1-4-8-14/h1-10,16-17H,11-13H2. The van der Waals surface area contributed by atoms with Gasteiger partial charge in [-0.2, -0.15) is 0 Å². The molecule has 2 aromatic rings. The summed E-state index contributed by atoms with van der Waals surface area (Å²) in [4.78, 5) is 0. The average Bonchev–Trinajstić information content (AvgIpc) is 2.52. The van der Waals surface area contributed by atoms with E-state index < -0.39 is 30.2 Å². The van der Waals surface area contributed by atoms with Crippen molar-refractivity contribution in [3.8, 4) is 0 Å². The van der Waals surface area contributed by atoms with Gasteiger partial charge in [0.15, 0.2) is 24.3 Å². The van der Waals surface area contributed by atoms with Crippen molar-refractivity contribution < 1.29 is 16.8 Å². The highest BCUT2D eigenvalue weighted by Crippen LogP contribution is 2.32. The van der Waals surface area contributed by atoms with Gasteiger partial charge in [-0.25, -0.2) is 16.8 Å². The molecule has 0 unspecified atom stereocenters.